The molecule has 0 aliphatic carbocycles. The molecular formula is C18H28IN5O3. The van der Waals surface area contributed by atoms with Gasteiger partial charge in [-0.05, 0) is 18.6 Å². The Labute approximate surface area is 177 Å². The van der Waals surface area contributed by atoms with E-state index in [-0.39, 0.29) is 48.4 Å². The smallest absolute Gasteiger partial charge is 0.243 e. The van der Waals surface area contributed by atoms with Crippen molar-refractivity contribution < 1.29 is 14.0 Å². The number of rotatable bonds is 5. The van der Waals surface area contributed by atoms with Gasteiger partial charge in [0.25, 0.3) is 0 Å². The van der Waals surface area contributed by atoms with E-state index in [2.05, 4.69) is 15.2 Å². The van der Waals surface area contributed by atoms with Gasteiger partial charge in [-0.1, -0.05) is 0 Å². The minimum absolute atomic E-state index is 0. The summed E-state index contributed by atoms with van der Waals surface area (Å²) >= 11 is 0. The van der Waals surface area contributed by atoms with Gasteiger partial charge in [0.05, 0.1) is 6.26 Å². The summed E-state index contributed by atoms with van der Waals surface area (Å²) in [7, 11) is 3.45. The predicted octanol–water partition coefficient (Wildman–Crippen LogP) is 0.780. The molecule has 3 heterocycles. The number of nitrogens with one attached hydrogen (secondary N) is 1. The fraction of sp³-hybridized carbons (Fsp3) is 0.611. The summed E-state index contributed by atoms with van der Waals surface area (Å²) in [5, 5.41) is 3.35. The van der Waals surface area contributed by atoms with Gasteiger partial charge in [-0.25, -0.2) is 4.99 Å². The van der Waals surface area contributed by atoms with Crippen LogP contribution in [0.5, 0.6) is 0 Å². The molecule has 8 nitrogen and oxygen atoms in total. The average molecular weight is 489 g/mol. The van der Waals surface area contributed by atoms with Crippen molar-refractivity contribution in [1.82, 2.24) is 20.0 Å². The number of halogens is 1. The number of likely N-dealkylation sites (N-methyl/N-ethyl adjacent to an activating group) is 1. The number of piperazine rings is 1. The second-order valence-electron chi connectivity index (χ2n) is 6.91. The lowest BCUT2D eigenvalue weighted by atomic mass is 10.1. The van der Waals surface area contributed by atoms with Crippen molar-refractivity contribution in [2.75, 3.05) is 46.8 Å². The molecule has 2 amide bonds. The number of fused-ring (bicyclic) bond motifs is 1. The third kappa shape index (κ3) is 5.60. The fourth-order valence-electron chi connectivity index (χ4n) is 3.36. The fourth-order valence-corrected chi connectivity index (χ4v) is 3.36. The largest absolute Gasteiger partial charge is 0.469 e. The van der Waals surface area contributed by atoms with E-state index in [1.165, 1.54) is 4.90 Å². The van der Waals surface area contributed by atoms with Crippen molar-refractivity contribution in [2.45, 2.75) is 25.3 Å². The van der Waals surface area contributed by atoms with Crippen LogP contribution < -0.4 is 5.32 Å². The van der Waals surface area contributed by atoms with Gasteiger partial charge in [-0.3, -0.25) is 9.59 Å². The van der Waals surface area contributed by atoms with E-state index in [1.807, 2.05) is 17.0 Å². The van der Waals surface area contributed by atoms with Crippen molar-refractivity contribution >= 4 is 41.8 Å². The van der Waals surface area contributed by atoms with Crippen LogP contribution in [0.25, 0.3) is 0 Å². The highest BCUT2D eigenvalue weighted by molar-refractivity contribution is 14.0. The zero-order chi connectivity index (χ0) is 18.5. The molecule has 2 aliphatic heterocycles. The predicted molar refractivity (Wildman–Crippen MR) is 113 cm³/mol. The van der Waals surface area contributed by atoms with E-state index in [9.17, 15) is 9.59 Å². The molecule has 1 aromatic heterocycles. The summed E-state index contributed by atoms with van der Waals surface area (Å²) in [6, 6.07) is 4.06. The van der Waals surface area contributed by atoms with Gasteiger partial charge < -0.3 is 24.4 Å². The van der Waals surface area contributed by atoms with Crippen LogP contribution in [0.4, 0.5) is 0 Å². The maximum Gasteiger partial charge on any atom is 0.243 e. The van der Waals surface area contributed by atoms with Gasteiger partial charge in [-0.15, -0.1) is 24.0 Å². The molecule has 2 saturated heterocycles. The summed E-state index contributed by atoms with van der Waals surface area (Å²) in [6.45, 7) is 2.98. The second-order valence-corrected chi connectivity index (χ2v) is 6.91. The zero-order valence-corrected chi connectivity index (χ0v) is 18.2. The number of nitrogens with zero attached hydrogens (tertiary/aromatic N) is 4. The monoisotopic (exact) mass is 489 g/mol. The number of furan rings is 1. The standard InChI is InChI=1S/C18H27N5O3.HI/c1-21(2)17(25)12-20-18(19-8-7-15-4-3-11-26-15)22-9-10-23-14(13-22)5-6-16(23)24;/h3-4,11,14H,5-10,12-13H2,1-2H3,(H,19,20);1H. The number of hydrogen-bond acceptors (Lipinski definition) is 4. The van der Waals surface area contributed by atoms with Gasteiger partial charge in [0.2, 0.25) is 11.8 Å². The molecule has 0 radical (unpaired) electrons. The Balaban J connectivity index is 0.00000261. The number of carbonyl (C=O) groups is 2. The quantitative estimate of drug-likeness (QED) is 0.376. The van der Waals surface area contributed by atoms with E-state index in [1.54, 1.807) is 20.4 Å². The van der Waals surface area contributed by atoms with E-state index in [4.69, 9.17) is 4.42 Å². The van der Waals surface area contributed by atoms with E-state index in [0.29, 0.717) is 19.5 Å². The van der Waals surface area contributed by atoms with Gasteiger partial charge in [-0.2, -0.15) is 0 Å². The van der Waals surface area contributed by atoms with Crippen molar-refractivity contribution in [1.29, 1.82) is 0 Å². The number of amides is 2. The summed E-state index contributed by atoms with van der Waals surface area (Å²) in [6.07, 6.45) is 3.94. The number of aliphatic imine (C=N–C) groups is 1. The Kier molecular flexibility index (Phi) is 7.93. The van der Waals surface area contributed by atoms with Crippen LogP contribution in [0.3, 0.4) is 0 Å². The maximum atomic E-state index is 11.9. The van der Waals surface area contributed by atoms with Crippen LogP contribution in [0.15, 0.2) is 27.8 Å². The summed E-state index contributed by atoms with van der Waals surface area (Å²) in [5.74, 6) is 1.85. The topological polar surface area (TPSA) is 81.4 Å². The molecule has 0 spiro atoms. The first-order chi connectivity index (χ1) is 12.5. The second kappa shape index (κ2) is 9.95. The Hall–Kier alpha value is -1.78. The van der Waals surface area contributed by atoms with Crippen LogP contribution in [0, 0.1) is 0 Å². The molecule has 2 aliphatic rings. The van der Waals surface area contributed by atoms with Crippen LogP contribution >= 0.6 is 24.0 Å². The molecule has 1 atom stereocenters. The maximum absolute atomic E-state index is 11.9. The molecule has 9 heteroatoms. The highest BCUT2D eigenvalue weighted by atomic mass is 127. The molecule has 1 unspecified atom stereocenters. The molecular weight excluding hydrogens is 461 g/mol. The lowest BCUT2D eigenvalue weighted by Gasteiger charge is -2.39. The molecule has 2 fully saturated rings. The van der Waals surface area contributed by atoms with Crippen LogP contribution in [0.2, 0.25) is 0 Å². The SMILES string of the molecule is CN(C)C(=O)CN=C(NCCc1ccco1)N1CCN2C(=O)CCC2C1.I. The Morgan fingerprint density at radius 2 is 2.22 bits per heavy atom. The Morgan fingerprint density at radius 3 is 2.93 bits per heavy atom. The lowest BCUT2D eigenvalue weighted by Crippen LogP contribution is -2.56. The third-order valence-corrected chi connectivity index (χ3v) is 4.89. The molecule has 1 aromatic rings. The minimum Gasteiger partial charge on any atom is -0.469 e. The number of guanidine groups is 1. The summed E-state index contributed by atoms with van der Waals surface area (Å²) in [5.41, 5.74) is 0. The molecule has 3 rings (SSSR count). The van der Waals surface area contributed by atoms with E-state index in [0.717, 1.165) is 37.7 Å². The summed E-state index contributed by atoms with van der Waals surface area (Å²) in [4.78, 5) is 34.0. The normalized spacial score (nSPS) is 19.6. The molecule has 150 valence electrons. The van der Waals surface area contributed by atoms with Crippen LogP contribution in [0.1, 0.15) is 18.6 Å². The van der Waals surface area contributed by atoms with Gasteiger partial charge in [0, 0.05) is 59.2 Å². The molecule has 0 saturated carbocycles. The van der Waals surface area contributed by atoms with E-state index >= 15 is 0 Å². The molecule has 0 bridgehead atoms. The summed E-state index contributed by atoms with van der Waals surface area (Å²) < 4.78 is 5.36. The first-order valence-electron chi connectivity index (χ1n) is 9.10. The van der Waals surface area contributed by atoms with Gasteiger partial charge >= 0.3 is 0 Å². The van der Waals surface area contributed by atoms with Crippen molar-refractivity contribution in [2.24, 2.45) is 4.99 Å². The van der Waals surface area contributed by atoms with Gasteiger partial charge in [0.15, 0.2) is 5.96 Å². The highest BCUT2D eigenvalue weighted by Crippen LogP contribution is 2.22. The average Bonchev–Trinajstić information content (AvgIpc) is 3.27. The highest BCUT2D eigenvalue weighted by Gasteiger charge is 2.36. The van der Waals surface area contributed by atoms with Crippen molar-refractivity contribution in [3.8, 4) is 0 Å². The molecule has 27 heavy (non-hydrogen) atoms. The van der Waals surface area contributed by atoms with Crippen LogP contribution in [-0.4, -0.2) is 85.3 Å². The number of hydrogen-bond donors (Lipinski definition) is 1. The minimum atomic E-state index is -0.0370. The van der Waals surface area contributed by atoms with Gasteiger partial charge in [0.1, 0.15) is 12.3 Å². The molecule has 1 N–H and O–H groups in total. The first kappa shape index (κ1) is 21.5. The Bertz CT molecular complexity index is 662. The first-order valence-corrected chi connectivity index (χ1v) is 9.10. The van der Waals surface area contributed by atoms with Crippen molar-refractivity contribution in [3.63, 3.8) is 0 Å². The number of carbonyl (C=O) groups excluding carboxylic acids is 2. The molecule has 0 aromatic carbocycles. The van der Waals surface area contributed by atoms with Crippen LogP contribution in [-0.2, 0) is 16.0 Å². The lowest BCUT2D eigenvalue weighted by molar-refractivity contribution is -0.130. The third-order valence-electron chi connectivity index (χ3n) is 4.89. The van der Waals surface area contributed by atoms with E-state index < -0.39 is 0 Å². The zero-order valence-electron chi connectivity index (χ0n) is 15.9. The Morgan fingerprint density at radius 1 is 1.41 bits per heavy atom. The van der Waals surface area contributed by atoms with Crippen molar-refractivity contribution in [3.05, 3.63) is 24.2 Å².